The first-order valence-electron chi connectivity index (χ1n) is 8.42. The second-order valence-electron chi connectivity index (χ2n) is 5.83. The number of hydrogen-bond acceptors (Lipinski definition) is 4. The van der Waals surface area contributed by atoms with E-state index in [0.29, 0.717) is 24.0 Å². The maximum Gasteiger partial charge on any atom is 0.276 e. The molecule has 1 amide bonds. The zero-order valence-corrected chi connectivity index (χ0v) is 17.4. The normalized spacial score (nSPS) is 15.2. The highest BCUT2D eigenvalue weighted by Crippen LogP contribution is 2.27. The Morgan fingerprint density at radius 2 is 2.00 bits per heavy atom. The number of benzene rings is 2. The van der Waals surface area contributed by atoms with Gasteiger partial charge in [-0.3, -0.25) is 9.69 Å². The summed E-state index contributed by atoms with van der Waals surface area (Å²) in [5, 5.41) is 3.40. The minimum absolute atomic E-state index is 0.121. The highest BCUT2D eigenvalue weighted by molar-refractivity contribution is 9.10. The molecule has 2 aromatic carbocycles. The van der Waals surface area contributed by atoms with Gasteiger partial charge >= 0.3 is 0 Å². The van der Waals surface area contributed by atoms with E-state index in [-0.39, 0.29) is 5.91 Å². The van der Waals surface area contributed by atoms with Crippen LogP contribution in [0.25, 0.3) is 6.08 Å². The van der Waals surface area contributed by atoms with Crippen LogP contribution in [0.4, 0.5) is 0 Å². The number of methoxy groups -OCH3 is 1. The average molecular weight is 447 g/mol. The fourth-order valence-electron chi connectivity index (χ4n) is 2.74. The van der Waals surface area contributed by atoms with Crippen LogP contribution in [0.2, 0.25) is 0 Å². The van der Waals surface area contributed by atoms with E-state index in [1.54, 1.807) is 13.2 Å². The highest BCUT2D eigenvalue weighted by Gasteiger charge is 2.29. The van der Waals surface area contributed by atoms with Crippen molar-refractivity contribution < 1.29 is 14.3 Å². The molecular formula is C20H19BrN2O3S. The number of para-hydroxylation sites is 1. The molecular weight excluding hydrogens is 428 g/mol. The van der Waals surface area contributed by atoms with Gasteiger partial charge in [0.1, 0.15) is 23.8 Å². The Morgan fingerprint density at radius 3 is 2.67 bits per heavy atom. The van der Waals surface area contributed by atoms with Crippen molar-refractivity contribution in [3.8, 4) is 11.5 Å². The number of halogens is 1. The third kappa shape index (κ3) is 4.31. The summed E-state index contributed by atoms with van der Waals surface area (Å²) in [7, 11) is 1.62. The van der Waals surface area contributed by atoms with E-state index in [1.165, 1.54) is 4.90 Å². The van der Waals surface area contributed by atoms with E-state index < -0.39 is 0 Å². The zero-order valence-electron chi connectivity index (χ0n) is 15.0. The molecule has 0 bridgehead atoms. The molecule has 27 heavy (non-hydrogen) atoms. The Kier molecular flexibility index (Phi) is 6.13. The quantitative estimate of drug-likeness (QED) is 0.534. The molecule has 7 heteroatoms. The molecule has 0 radical (unpaired) electrons. The van der Waals surface area contributed by atoms with Crippen LogP contribution < -0.4 is 14.8 Å². The van der Waals surface area contributed by atoms with E-state index in [9.17, 15) is 4.79 Å². The largest absolute Gasteiger partial charge is 0.496 e. The van der Waals surface area contributed by atoms with Gasteiger partial charge in [-0.05, 0) is 71.0 Å². The molecule has 0 aliphatic carbocycles. The van der Waals surface area contributed by atoms with Crippen LogP contribution in [-0.2, 0) is 11.4 Å². The number of likely N-dealkylation sites (N-methyl/N-ethyl adjacent to an activating group) is 1. The van der Waals surface area contributed by atoms with Crippen LogP contribution in [0.1, 0.15) is 18.1 Å². The van der Waals surface area contributed by atoms with Gasteiger partial charge < -0.3 is 14.8 Å². The van der Waals surface area contributed by atoms with Crippen molar-refractivity contribution in [2.24, 2.45) is 0 Å². The predicted octanol–water partition coefficient (Wildman–Crippen LogP) is 4.11. The summed E-state index contributed by atoms with van der Waals surface area (Å²) in [5.41, 5.74) is 2.20. The van der Waals surface area contributed by atoms with E-state index in [2.05, 4.69) is 21.2 Å². The fraction of sp³-hybridized carbons (Fsp3) is 0.200. The van der Waals surface area contributed by atoms with Crippen LogP contribution in [0.5, 0.6) is 11.5 Å². The van der Waals surface area contributed by atoms with Gasteiger partial charge in [-0.1, -0.05) is 18.2 Å². The van der Waals surface area contributed by atoms with Crippen molar-refractivity contribution >= 4 is 45.2 Å². The molecule has 1 aliphatic rings. The lowest BCUT2D eigenvalue weighted by Gasteiger charge is -2.12. The van der Waals surface area contributed by atoms with Crippen molar-refractivity contribution in [3.05, 3.63) is 63.8 Å². The summed E-state index contributed by atoms with van der Waals surface area (Å²) in [5.74, 6) is 1.35. The van der Waals surface area contributed by atoms with Crippen LogP contribution in [0, 0.1) is 0 Å². The number of nitrogens with one attached hydrogen (secondary N) is 1. The maximum absolute atomic E-state index is 12.4. The lowest BCUT2D eigenvalue weighted by Crippen LogP contribution is -2.30. The first kappa shape index (κ1) is 19.4. The van der Waals surface area contributed by atoms with Crippen molar-refractivity contribution in [2.45, 2.75) is 13.5 Å². The molecule has 1 saturated heterocycles. The van der Waals surface area contributed by atoms with Gasteiger partial charge in [-0.25, -0.2) is 0 Å². The van der Waals surface area contributed by atoms with Gasteiger partial charge in [-0.15, -0.1) is 0 Å². The number of ether oxygens (including phenoxy) is 2. The predicted molar refractivity (Wildman–Crippen MR) is 113 cm³/mol. The van der Waals surface area contributed by atoms with Gasteiger partial charge in [-0.2, -0.15) is 0 Å². The number of nitrogens with zero attached hydrogens (tertiary/aromatic N) is 1. The topological polar surface area (TPSA) is 50.8 Å². The summed E-state index contributed by atoms with van der Waals surface area (Å²) < 4.78 is 12.2. The second kappa shape index (κ2) is 8.54. The first-order valence-corrected chi connectivity index (χ1v) is 9.62. The maximum atomic E-state index is 12.4. The standard InChI is InChI=1S/C20H19BrN2O3S/c1-3-23-19(24)16(22-20(23)27)11-13-8-9-17(25-2)14(10-13)12-26-18-7-5-4-6-15(18)21/h4-11H,3,12H2,1-2H3,(H,22,27)/b16-11+. The molecule has 1 aliphatic heterocycles. The molecule has 1 fully saturated rings. The summed E-state index contributed by atoms with van der Waals surface area (Å²) in [6.45, 7) is 2.76. The molecule has 2 aromatic rings. The monoisotopic (exact) mass is 446 g/mol. The van der Waals surface area contributed by atoms with Gasteiger partial charge in [0.25, 0.3) is 5.91 Å². The molecule has 0 aromatic heterocycles. The first-order chi connectivity index (χ1) is 13.0. The zero-order chi connectivity index (χ0) is 19.4. The van der Waals surface area contributed by atoms with Crippen LogP contribution in [0.15, 0.2) is 52.6 Å². The number of thiocarbonyl (C=S) groups is 1. The Balaban J connectivity index is 1.84. The Bertz CT molecular complexity index is 914. The third-order valence-electron chi connectivity index (χ3n) is 4.11. The summed E-state index contributed by atoms with van der Waals surface area (Å²) in [6.07, 6.45) is 1.78. The van der Waals surface area contributed by atoms with Crippen molar-refractivity contribution in [3.63, 3.8) is 0 Å². The summed E-state index contributed by atoms with van der Waals surface area (Å²) >= 11 is 8.67. The lowest BCUT2D eigenvalue weighted by molar-refractivity contribution is -0.122. The second-order valence-corrected chi connectivity index (χ2v) is 7.07. The van der Waals surface area contributed by atoms with Gasteiger partial charge in [0.05, 0.1) is 11.6 Å². The highest BCUT2D eigenvalue weighted by atomic mass is 79.9. The van der Waals surface area contributed by atoms with Crippen LogP contribution in [-0.4, -0.2) is 29.6 Å². The van der Waals surface area contributed by atoms with Crippen molar-refractivity contribution in [2.75, 3.05) is 13.7 Å². The number of carbonyl (C=O) groups excluding carboxylic acids is 1. The molecule has 0 spiro atoms. The van der Waals surface area contributed by atoms with Gasteiger partial charge in [0, 0.05) is 12.1 Å². The van der Waals surface area contributed by atoms with Crippen molar-refractivity contribution in [1.82, 2.24) is 10.2 Å². The molecule has 3 rings (SSSR count). The van der Waals surface area contributed by atoms with Gasteiger partial charge in [0.2, 0.25) is 0 Å². The minimum Gasteiger partial charge on any atom is -0.496 e. The van der Waals surface area contributed by atoms with E-state index in [4.69, 9.17) is 21.7 Å². The van der Waals surface area contributed by atoms with Crippen molar-refractivity contribution in [1.29, 1.82) is 0 Å². The fourth-order valence-corrected chi connectivity index (χ4v) is 3.47. The number of amides is 1. The SMILES string of the molecule is CCN1C(=O)/C(=C\c2ccc(OC)c(COc3ccccc3Br)c2)NC1=S. The molecule has 0 unspecified atom stereocenters. The summed E-state index contributed by atoms with van der Waals surface area (Å²) in [4.78, 5) is 13.9. The molecule has 140 valence electrons. The minimum atomic E-state index is -0.121. The lowest BCUT2D eigenvalue weighted by atomic mass is 10.1. The van der Waals surface area contributed by atoms with Crippen LogP contribution >= 0.6 is 28.1 Å². The Morgan fingerprint density at radius 1 is 1.22 bits per heavy atom. The smallest absolute Gasteiger partial charge is 0.276 e. The third-order valence-corrected chi connectivity index (χ3v) is 5.09. The Labute approximate surface area is 172 Å². The molecule has 1 N–H and O–H groups in total. The number of carbonyl (C=O) groups is 1. The molecule has 5 nitrogen and oxygen atoms in total. The number of rotatable bonds is 6. The summed E-state index contributed by atoms with van der Waals surface area (Å²) in [6, 6.07) is 13.4. The number of hydrogen-bond donors (Lipinski definition) is 1. The Hall–Kier alpha value is -2.38. The molecule has 0 saturated carbocycles. The average Bonchev–Trinajstić information content (AvgIpc) is 2.94. The van der Waals surface area contributed by atoms with Gasteiger partial charge in [0.15, 0.2) is 5.11 Å². The van der Waals surface area contributed by atoms with E-state index in [0.717, 1.165) is 27.1 Å². The van der Waals surface area contributed by atoms with E-state index >= 15 is 0 Å². The molecule has 0 atom stereocenters. The molecule has 1 heterocycles. The van der Waals surface area contributed by atoms with E-state index in [1.807, 2.05) is 49.4 Å². The van der Waals surface area contributed by atoms with Crippen LogP contribution in [0.3, 0.4) is 0 Å².